The van der Waals surface area contributed by atoms with Gasteiger partial charge in [0.05, 0.1) is 5.38 Å². The fourth-order valence-electron chi connectivity index (χ4n) is 3.11. The van der Waals surface area contributed by atoms with E-state index in [4.69, 9.17) is 11.6 Å². The number of rotatable bonds is 4. The standard InChI is InChI=1S/C17H25Cl/c1-13-8-9-14(2)16(12-13)17(18)11-10-15-6-4-3-5-7-15/h8-9,12,15,17H,3-7,10-11H2,1-2H3. The minimum atomic E-state index is 0.201. The van der Waals surface area contributed by atoms with E-state index in [0.717, 1.165) is 12.3 Å². The molecule has 1 saturated carbocycles. The first-order valence-corrected chi connectivity index (χ1v) is 7.81. The van der Waals surface area contributed by atoms with Gasteiger partial charge in [-0.3, -0.25) is 0 Å². The molecule has 0 nitrogen and oxygen atoms in total. The summed E-state index contributed by atoms with van der Waals surface area (Å²) in [6, 6.07) is 6.62. The maximum absolute atomic E-state index is 6.60. The molecule has 100 valence electrons. The molecule has 1 fully saturated rings. The van der Waals surface area contributed by atoms with Gasteiger partial charge in [0.1, 0.15) is 0 Å². The average Bonchev–Trinajstić information content (AvgIpc) is 2.40. The van der Waals surface area contributed by atoms with Crippen LogP contribution in [0.2, 0.25) is 0 Å². The second-order valence-electron chi connectivity index (χ2n) is 5.91. The van der Waals surface area contributed by atoms with Gasteiger partial charge in [-0.05, 0) is 43.7 Å². The lowest BCUT2D eigenvalue weighted by molar-refractivity contribution is 0.331. The summed E-state index contributed by atoms with van der Waals surface area (Å²) in [6.07, 6.45) is 9.60. The molecule has 0 N–H and O–H groups in total. The fraction of sp³-hybridized carbons (Fsp3) is 0.647. The highest BCUT2D eigenvalue weighted by molar-refractivity contribution is 6.20. The van der Waals surface area contributed by atoms with Gasteiger partial charge in [0.25, 0.3) is 0 Å². The monoisotopic (exact) mass is 264 g/mol. The summed E-state index contributed by atoms with van der Waals surface area (Å²) < 4.78 is 0. The van der Waals surface area contributed by atoms with Crippen LogP contribution in [0.1, 0.15) is 67.0 Å². The molecular weight excluding hydrogens is 240 g/mol. The summed E-state index contributed by atoms with van der Waals surface area (Å²) >= 11 is 6.60. The number of halogens is 1. The van der Waals surface area contributed by atoms with Crippen LogP contribution in [-0.2, 0) is 0 Å². The zero-order valence-electron chi connectivity index (χ0n) is 11.7. The Labute approximate surface area is 117 Å². The zero-order chi connectivity index (χ0) is 13.0. The normalized spacial score (nSPS) is 18.8. The molecule has 1 aromatic carbocycles. The van der Waals surface area contributed by atoms with Crippen molar-refractivity contribution in [2.75, 3.05) is 0 Å². The SMILES string of the molecule is Cc1ccc(C)c(C(Cl)CCC2CCCCC2)c1. The topological polar surface area (TPSA) is 0 Å². The lowest BCUT2D eigenvalue weighted by atomic mass is 9.85. The van der Waals surface area contributed by atoms with Gasteiger partial charge in [0.2, 0.25) is 0 Å². The van der Waals surface area contributed by atoms with Gasteiger partial charge in [0, 0.05) is 0 Å². The van der Waals surface area contributed by atoms with Crippen molar-refractivity contribution in [1.82, 2.24) is 0 Å². The second kappa shape index (κ2) is 6.61. The van der Waals surface area contributed by atoms with Gasteiger partial charge in [-0.2, -0.15) is 0 Å². The summed E-state index contributed by atoms with van der Waals surface area (Å²) in [5, 5.41) is 0.201. The van der Waals surface area contributed by atoms with Crippen molar-refractivity contribution in [3.05, 3.63) is 34.9 Å². The van der Waals surface area contributed by atoms with Gasteiger partial charge in [0.15, 0.2) is 0 Å². The molecule has 0 bridgehead atoms. The number of benzene rings is 1. The predicted octanol–water partition coefficient (Wildman–Crippen LogP) is 5.94. The average molecular weight is 265 g/mol. The Balaban J connectivity index is 1.90. The largest absolute Gasteiger partial charge is 0.118 e. The summed E-state index contributed by atoms with van der Waals surface area (Å²) in [5.41, 5.74) is 4.00. The highest BCUT2D eigenvalue weighted by atomic mass is 35.5. The molecule has 0 saturated heterocycles. The third-order valence-corrected chi connectivity index (χ3v) is 4.78. The number of hydrogen-bond donors (Lipinski definition) is 0. The van der Waals surface area contributed by atoms with Gasteiger partial charge in [-0.25, -0.2) is 0 Å². The van der Waals surface area contributed by atoms with Crippen molar-refractivity contribution < 1.29 is 0 Å². The van der Waals surface area contributed by atoms with Crippen LogP contribution in [0, 0.1) is 19.8 Å². The molecule has 2 rings (SSSR count). The Hall–Kier alpha value is -0.490. The third kappa shape index (κ3) is 3.75. The molecule has 0 spiro atoms. The van der Waals surface area contributed by atoms with E-state index in [9.17, 15) is 0 Å². The van der Waals surface area contributed by atoms with Gasteiger partial charge >= 0.3 is 0 Å². The van der Waals surface area contributed by atoms with Crippen molar-refractivity contribution in [2.45, 2.75) is 64.2 Å². The number of alkyl halides is 1. The Bertz CT molecular complexity index is 377. The Kier molecular flexibility index (Phi) is 5.12. The van der Waals surface area contributed by atoms with Crippen LogP contribution >= 0.6 is 11.6 Å². The van der Waals surface area contributed by atoms with E-state index in [0.29, 0.717) is 0 Å². The third-order valence-electron chi connectivity index (χ3n) is 4.33. The quantitative estimate of drug-likeness (QED) is 0.590. The van der Waals surface area contributed by atoms with Crippen LogP contribution in [-0.4, -0.2) is 0 Å². The molecule has 1 aliphatic rings. The van der Waals surface area contributed by atoms with E-state index < -0.39 is 0 Å². The molecule has 1 atom stereocenters. The first-order valence-electron chi connectivity index (χ1n) is 7.38. The minimum absolute atomic E-state index is 0.201. The van der Waals surface area contributed by atoms with E-state index in [2.05, 4.69) is 32.0 Å². The van der Waals surface area contributed by atoms with Gasteiger partial charge < -0.3 is 0 Å². The summed E-state index contributed by atoms with van der Waals surface area (Å²) in [6.45, 7) is 4.32. The van der Waals surface area contributed by atoms with E-state index in [1.54, 1.807) is 0 Å². The molecule has 0 aromatic heterocycles. The molecule has 18 heavy (non-hydrogen) atoms. The lowest BCUT2D eigenvalue weighted by Crippen LogP contribution is -2.07. The molecule has 0 aliphatic heterocycles. The van der Waals surface area contributed by atoms with E-state index in [-0.39, 0.29) is 5.38 Å². The zero-order valence-corrected chi connectivity index (χ0v) is 12.5. The van der Waals surface area contributed by atoms with E-state index in [1.165, 1.54) is 55.2 Å². The lowest BCUT2D eigenvalue weighted by Gasteiger charge is -2.23. The highest BCUT2D eigenvalue weighted by Gasteiger charge is 2.17. The molecule has 1 aromatic rings. The van der Waals surface area contributed by atoms with Crippen LogP contribution in [0.25, 0.3) is 0 Å². The number of aryl methyl sites for hydroxylation is 2. The van der Waals surface area contributed by atoms with Gasteiger partial charge in [-0.1, -0.05) is 55.9 Å². The van der Waals surface area contributed by atoms with Crippen molar-refractivity contribution in [3.8, 4) is 0 Å². The van der Waals surface area contributed by atoms with Crippen LogP contribution in [0.5, 0.6) is 0 Å². The molecule has 0 heterocycles. The van der Waals surface area contributed by atoms with Crippen LogP contribution in [0.3, 0.4) is 0 Å². The smallest absolute Gasteiger partial charge is 0.0588 e. The second-order valence-corrected chi connectivity index (χ2v) is 6.44. The maximum Gasteiger partial charge on any atom is 0.0588 e. The predicted molar refractivity (Wildman–Crippen MR) is 80.3 cm³/mol. The molecule has 0 radical (unpaired) electrons. The summed E-state index contributed by atoms with van der Waals surface area (Å²) in [7, 11) is 0. The van der Waals surface area contributed by atoms with Crippen LogP contribution in [0.15, 0.2) is 18.2 Å². The summed E-state index contributed by atoms with van der Waals surface area (Å²) in [4.78, 5) is 0. The molecule has 1 aliphatic carbocycles. The molecule has 1 unspecified atom stereocenters. The maximum atomic E-state index is 6.60. The van der Waals surface area contributed by atoms with Crippen LogP contribution in [0.4, 0.5) is 0 Å². The van der Waals surface area contributed by atoms with E-state index in [1.807, 2.05) is 0 Å². The van der Waals surface area contributed by atoms with Crippen molar-refractivity contribution in [3.63, 3.8) is 0 Å². The van der Waals surface area contributed by atoms with Crippen molar-refractivity contribution >= 4 is 11.6 Å². The van der Waals surface area contributed by atoms with Crippen molar-refractivity contribution in [1.29, 1.82) is 0 Å². The van der Waals surface area contributed by atoms with Crippen LogP contribution < -0.4 is 0 Å². The highest BCUT2D eigenvalue weighted by Crippen LogP contribution is 2.34. The Morgan fingerprint density at radius 3 is 2.61 bits per heavy atom. The van der Waals surface area contributed by atoms with E-state index >= 15 is 0 Å². The first kappa shape index (κ1) is 13.9. The minimum Gasteiger partial charge on any atom is -0.118 e. The molecule has 0 amide bonds. The number of hydrogen-bond acceptors (Lipinski definition) is 0. The molecule has 1 heteroatoms. The Morgan fingerprint density at radius 2 is 1.89 bits per heavy atom. The summed E-state index contributed by atoms with van der Waals surface area (Å²) in [5.74, 6) is 0.935. The fourth-order valence-corrected chi connectivity index (χ4v) is 3.47. The van der Waals surface area contributed by atoms with Crippen molar-refractivity contribution in [2.24, 2.45) is 5.92 Å². The first-order chi connectivity index (χ1) is 8.66. The Morgan fingerprint density at radius 1 is 1.17 bits per heavy atom. The van der Waals surface area contributed by atoms with Gasteiger partial charge in [-0.15, -0.1) is 11.6 Å². The molecular formula is C17H25Cl.